The van der Waals surface area contributed by atoms with Crippen molar-refractivity contribution in [3.8, 4) is 77.4 Å². The minimum Gasteiger partial charge on any atom is -0.508 e. The predicted molar refractivity (Wildman–Crippen MR) is 452 cm³/mol. The van der Waals surface area contributed by atoms with Gasteiger partial charge < -0.3 is 50.6 Å². The van der Waals surface area contributed by atoms with Crippen molar-refractivity contribution in [3.63, 3.8) is 0 Å². The number of nitrogens with one attached hydrogen (secondary N) is 6. The smallest absolute Gasteiger partial charge is 0.496 e. The number of amides is 3. The summed E-state index contributed by atoms with van der Waals surface area (Å²) >= 11 is 3.89. The summed E-state index contributed by atoms with van der Waals surface area (Å²) in [5, 5.41) is 89.4. The van der Waals surface area contributed by atoms with Gasteiger partial charge >= 0.3 is 26.0 Å². The van der Waals surface area contributed by atoms with Crippen molar-refractivity contribution >= 4 is 94.8 Å². The van der Waals surface area contributed by atoms with Gasteiger partial charge in [-0.1, -0.05) is 6.92 Å². The number of ether oxygens (including phenoxy) is 3. The van der Waals surface area contributed by atoms with E-state index in [9.17, 15) is 50.3 Å². The maximum Gasteiger partial charge on any atom is 0.496 e. The Morgan fingerprint density at radius 2 is 0.775 bits per heavy atom. The molecule has 49 heteroatoms. The van der Waals surface area contributed by atoms with Gasteiger partial charge in [0.1, 0.15) is 83.3 Å². The van der Waals surface area contributed by atoms with Gasteiger partial charge in [0.05, 0.1) is 72.1 Å². The maximum absolute atomic E-state index is 14.6. The topological polar surface area (TPSA) is 545 Å². The highest BCUT2D eigenvalue weighted by molar-refractivity contribution is 7.24. The van der Waals surface area contributed by atoms with E-state index in [-0.39, 0.29) is 136 Å². The summed E-state index contributed by atoms with van der Waals surface area (Å²) < 4.78 is 128. The molecule has 11 N–H and O–H groups in total. The molecule has 3 aliphatic carbocycles. The van der Waals surface area contributed by atoms with Gasteiger partial charge in [0.25, 0.3) is 17.7 Å². The minimum atomic E-state index is -3.04. The lowest BCUT2D eigenvalue weighted by Gasteiger charge is -2.28. The van der Waals surface area contributed by atoms with Crippen LogP contribution in [-0.2, 0) is 42.4 Å². The van der Waals surface area contributed by atoms with Gasteiger partial charge in [0, 0.05) is 97.7 Å². The SMILES string of the molecule is CCC(=O)O.CCOC1CCC(n2cc(NC(=O)c3csc(-c4cn[nH]c4)n3)c(-c3nc(F)ccc3F)n2)CC1.CCOC1CCC(n2cc(NC(=O)c3csc(-c4cn[nH]c4)n3)c(-c3nc(F)ccc3F)n2)CC1.CCOC1CCC(n2cc(NC(=O)c3csc(-c4cn[nH]c4)n3)c(-c3nc(F)ccc3F)n2)CC1.O=C(O)c1cc(O)ccc1O.O=C=O.O=P(=O)OO.[HH]. The fraction of sp³-hybridized carbons (Fsp3) is 0.325. The van der Waals surface area contributed by atoms with E-state index >= 15 is 0 Å². The summed E-state index contributed by atoms with van der Waals surface area (Å²) in [6.07, 6.45) is 26.1. The van der Waals surface area contributed by atoms with Crippen LogP contribution in [-0.4, -0.2) is 189 Å². The largest absolute Gasteiger partial charge is 0.508 e. The molecule has 1 aromatic carbocycles. The summed E-state index contributed by atoms with van der Waals surface area (Å²) in [7, 11) is -3.04. The van der Waals surface area contributed by atoms with Gasteiger partial charge in [-0.15, -0.1) is 38.7 Å². The standard InChI is InChI=1S/3C23H23F2N7O2S.C7H6O4.C3H6O2.CO2.HO4P.H2/c3*1-2-34-15-5-3-14(4-6-15)32-11-17(21(31-32)20-16(24)7-8-19(25)30-20)28-22(33)18-12-35-23(29-18)13-9-26-27-10-13;8-4-1-2-6(9)5(3-4)7(10)11;1-2-3(4)5;2-1-3;1-4-5(2)3;/h3*7-12,14-15H,2-6H2,1H3,(H,26,27)(H,28,33);1-3,8-9H,(H,10,11);2H2,1H3,(H,4,5);;1H;1H. The molecule has 12 aromatic heterocycles. The average Bonchev–Trinajstić information content (AvgIpc) is 1.65. The number of nitrogens with zero attached hydrogens (tertiary/aromatic N) is 15. The van der Waals surface area contributed by atoms with Crippen LogP contribution >= 0.6 is 41.9 Å². The Kier molecular flexibility index (Phi) is 36.2. The number of carboxylic acids is 2. The Balaban J connectivity index is 0.000000194. The molecule has 0 unspecified atom stereocenters. The van der Waals surface area contributed by atoms with E-state index in [1.165, 1.54) is 40.1 Å². The maximum atomic E-state index is 14.6. The van der Waals surface area contributed by atoms with E-state index in [1.54, 1.807) is 92.9 Å². The molecule has 3 fully saturated rings. The zero-order valence-corrected chi connectivity index (χ0v) is 71.9. The van der Waals surface area contributed by atoms with Gasteiger partial charge in [0.2, 0.25) is 17.8 Å². The van der Waals surface area contributed by atoms with E-state index < -0.39 is 72.9 Å². The number of aromatic nitrogens is 18. The van der Waals surface area contributed by atoms with Crippen molar-refractivity contribution in [1.82, 2.24) is 89.8 Å². The highest BCUT2D eigenvalue weighted by atomic mass is 32.1. The van der Waals surface area contributed by atoms with Crippen LogP contribution in [0.1, 0.15) is 173 Å². The average molecular weight is 1870 g/mol. The molecule has 0 atom stereocenters. The number of H-pyrrole nitrogens is 3. The van der Waals surface area contributed by atoms with Gasteiger partial charge in [-0.3, -0.25) is 48.5 Å². The first-order valence-corrected chi connectivity index (χ1v) is 43.1. The first-order chi connectivity index (χ1) is 62.1. The second-order valence-electron chi connectivity index (χ2n) is 27.7. The molecule has 0 saturated heterocycles. The number of pyridine rings is 3. The van der Waals surface area contributed by atoms with E-state index in [0.717, 1.165) is 142 Å². The number of phenolic OH excluding ortho intramolecular Hbond substituents is 1. The third-order valence-electron chi connectivity index (χ3n) is 19.3. The second-order valence-corrected chi connectivity index (χ2v) is 30.9. The number of halogens is 6. The molecule has 3 amide bonds. The lowest BCUT2D eigenvalue weighted by atomic mass is 9.93. The molecule has 16 rings (SSSR count). The lowest BCUT2D eigenvalue weighted by molar-refractivity contribution is -0.191. The van der Waals surface area contributed by atoms with Crippen molar-refractivity contribution in [2.24, 2.45) is 0 Å². The number of aromatic amines is 3. The van der Waals surface area contributed by atoms with Crippen molar-refractivity contribution in [2.75, 3.05) is 35.8 Å². The number of hydrogen-bond acceptors (Lipinski definition) is 31. The quantitative estimate of drug-likeness (QED) is 0.00668. The molecule has 12 heterocycles. The molecule has 129 heavy (non-hydrogen) atoms. The molecular formula is C80H84F6N21O18PS3. The van der Waals surface area contributed by atoms with E-state index in [2.05, 4.69) is 96.4 Å². The number of hydrogen-bond donors (Lipinski definition) is 11. The highest BCUT2D eigenvalue weighted by Crippen LogP contribution is 2.40. The summed E-state index contributed by atoms with van der Waals surface area (Å²) in [5.74, 6) is -8.73. The monoisotopic (exact) mass is 1870 g/mol. The number of aromatic hydroxyl groups is 2. The van der Waals surface area contributed by atoms with Crippen molar-refractivity contribution in [1.29, 1.82) is 0 Å². The van der Waals surface area contributed by atoms with Crippen LogP contribution in [0, 0.1) is 35.3 Å². The molecular weight excluding hydrogens is 1780 g/mol. The van der Waals surface area contributed by atoms with Crippen LogP contribution in [0.4, 0.5) is 43.4 Å². The van der Waals surface area contributed by atoms with E-state index in [0.29, 0.717) is 34.8 Å². The molecule has 3 aliphatic rings. The number of phenols is 2. The molecule has 0 aliphatic heterocycles. The third kappa shape index (κ3) is 27.5. The number of anilines is 3. The molecule has 0 radical (unpaired) electrons. The van der Waals surface area contributed by atoms with Crippen LogP contribution in [0.3, 0.4) is 0 Å². The predicted octanol–water partition coefficient (Wildman–Crippen LogP) is 16.0. The normalized spacial score (nSPS) is 16.1. The van der Waals surface area contributed by atoms with Crippen molar-refractivity contribution in [3.05, 3.63) is 184 Å². The number of benzene rings is 1. The molecule has 0 bridgehead atoms. The van der Waals surface area contributed by atoms with Gasteiger partial charge in [0.15, 0.2) is 17.5 Å². The fourth-order valence-corrected chi connectivity index (χ4v) is 15.7. The molecule has 682 valence electrons. The Morgan fingerprint density at radius 3 is 1.02 bits per heavy atom. The number of rotatable bonds is 24. The van der Waals surface area contributed by atoms with Crippen molar-refractivity contribution in [2.45, 2.75) is 148 Å². The first kappa shape index (κ1) is 97.6. The molecule has 3 saturated carbocycles. The van der Waals surface area contributed by atoms with Crippen LogP contribution < -0.4 is 16.0 Å². The number of carbonyl (C=O) groups excluding carboxylic acids is 5. The highest BCUT2D eigenvalue weighted by Gasteiger charge is 2.32. The fourth-order valence-electron chi connectivity index (χ4n) is 13.3. The zero-order valence-electron chi connectivity index (χ0n) is 68.6. The number of aromatic carboxylic acids is 1. The number of carboxylic acid groups (broad SMARTS) is 2. The van der Waals surface area contributed by atoms with Crippen LogP contribution in [0.25, 0.3) is 65.9 Å². The van der Waals surface area contributed by atoms with Gasteiger partial charge in [-0.25, -0.2) is 62.3 Å². The summed E-state index contributed by atoms with van der Waals surface area (Å²) in [6, 6.07) is 9.24. The summed E-state index contributed by atoms with van der Waals surface area (Å²) in [6.45, 7) is 9.52. The van der Waals surface area contributed by atoms with Crippen molar-refractivity contribution < 1.29 is 115 Å². The van der Waals surface area contributed by atoms with E-state index in [4.69, 9.17) is 58.6 Å². The minimum absolute atomic E-state index is 0. The lowest BCUT2D eigenvalue weighted by Crippen LogP contribution is -2.24. The summed E-state index contributed by atoms with van der Waals surface area (Å²) in [4.78, 5) is 99.1. The molecule has 39 nitrogen and oxygen atoms in total. The molecule has 0 spiro atoms. The Hall–Kier alpha value is -13.6. The van der Waals surface area contributed by atoms with Gasteiger partial charge in [-0.05, 0) is 152 Å². The Bertz CT molecular complexity index is 5510. The number of aliphatic carboxylic acids is 1. The number of carbonyl (C=O) groups is 5. The van der Waals surface area contributed by atoms with Crippen LogP contribution in [0.2, 0.25) is 0 Å². The first-order valence-electron chi connectivity index (χ1n) is 39.4. The third-order valence-corrected chi connectivity index (χ3v) is 22.1. The van der Waals surface area contributed by atoms with E-state index in [1.807, 2.05) is 20.8 Å². The summed E-state index contributed by atoms with van der Waals surface area (Å²) in [5.41, 5.74) is 2.64. The zero-order chi connectivity index (χ0) is 92.8. The van der Waals surface area contributed by atoms with Gasteiger partial charge in [-0.2, -0.15) is 53.4 Å². The second kappa shape index (κ2) is 47.8. The number of thiazole rings is 3. The van der Waals surface area contributed by atoms with Crippen LogP contribution in [0.5, 0.6) is 11.5 Å². The van der Waals surface area contributed by atoms with Crippen LogP contribution in [0.15, 0.2) is 127 Å². The Labute approximate surface area is 741 Å². The Morgan fingerprint density at radius 1 is 0.481 bits per heavy atom. The molecule has 13 aromatic rings.